The Bertz CT molecular complexity index is 1400. The number of phenolic OH excluding ortho intramolecular Hbond substituents is 1. The van der Waals surface area contributed by atoms with Crippen molar-refractivity contribution in [2.75, 3.05) is 33.8 Å². The van der Waals surface area contributed by atoms with Gasteiger partial charge in [0, 0.05) is 12.1 Å². The van der Waals surface area contributed by atoms with Crippen LogP contribution in [-0.2, 0) is 16.2 Å². The van der Waals surface area contributed by atoms with E-state index in [1.807, 2.05) is 56.3 Å². The van der Waals surface area contributed by atoms with Gasteiger partial charge >= 0.3 is 0 Å². The van der Waals surface area contributed by atoms with Crippen LogP contribution in [0.15, 0.2) is 72.3 Å². The summed E-state index contributed by atoms with van der Waals surface area (Å²) in [7, 11) is 3.88. The SMILES string of the molecule is CCOc1cc([C@H]2/C(=C(\O)c3ccc(OCc4ccccc4)cc3C)C(=O)C(=O)N2CCCN(C)C)ccc1O. The molecule has 210 valence electrons. The fraction of sp³-hybridized carbons (Fsp3) is 0.312. The maximum atomic E-state index is 13.4. The quantitative estimate of drug-likeness (QED) is 0.198. The van der Waals surface area contributed by atoms with E-state index in [2.05, 4.69) is 0 Å². The minimum absolute atomic E-state index is 0.00375. The smallest absolute Gasteiger partial charge is 0.295 e. The van der Waals surface area contributed by atoms with Crippen LogP contribution in [0.5, 0.6) is 17.2 Å². The summed E-state index contributed by atoms with van der Waals surface area (Å²) in [5, 5.41) is 21.8. The third-order valence-electron chi connectivity index (χ3n) is 6.85. The van der Waals surface area contributed by atoms with E-state index in [1.54, 1.807) is 37.3 Å². The van der Waals surface area contributed by atoms with Gasteiger partial charge < -0.3 is 29.5 Å². The highest BCUT2D eigenvalue weighted by Gasteiger charge is 2.46. The van der Waals surface area contributed by atoms with Crippen molar-refractivity contribution in [2.24, 2.45) is 0 Å². The predicted molar refractivity (Wildman–Crippen MR) is 153 cm³/mol. The molecule has 1 aliphatic rings. The standard InChI is InChI=1S/C32H36N2O6/c1-5-39-27-19-23(12-15-26(27)35)29-28(31(37)32(38)34(29)17-9-16-33(3)4)30(36)25-14-13-24(18-21(25)2)40-20-22-10-7-6-8-11-22/h6-8,10-15,18-19,29,35-36H,5,9,16-17,20H2,1-4H3/b30-28+/t29-/m0/s1. The predicted octanol–water partition coefficient (Wildman–Crippen LogP) is 5.05. The fourth-order valence-corrected chi connectivity index (χ4v) is 4.86. The summed E-state index contributed by atoms with van der Waals surface area (Å²) < 4.78 is 11.5. The van der Waals surface area contributed by atoms with Crippen LogP contribution < -0.4 is 9.47 Å². The Balaban J connectivity index is 1.72. The Morgan fingerprint density at radius 1 is 1.00 bits per heavy atom. The van der Waals surface area contributed by atoms with Crippen molar-refractivity contribution in [1.29, 1.82) is 0 Å². The first-order chi connectivity index (χ1) is 19.2. The number of ether oxygens (including phenoxy) is 2. The van der Waals surface area contributed by atoms with Crippen molar-refractivity contribution in [3.63, 3.8) is 0 Å². The van der Waals surface area contributed by atoms with Gasteiger partial charge in [0.2, 0.25) is 0 Å². The molecule has 8 heteroatoms. The largest absolute Gasteiger partial charge is 0.507 e. The minimum Gasteiger partial charge on any atom is -0.507 e. The zero-order chi connectivity index (χ0) is 28.8. The van der Waals surface area contributed by atoms with E-state index in [9.17, 15) is 19.8 Å². The number of amides is 1. The Morgan fingerprint density at radius 2 is 1.75 bits per heavy atom. The van der Waals surface area contributed by atoms with Crippen LogP contribution >= 0.6 is 0 Å². The molecule has 1 saturated heterocycles. The molecule has 3 aromatic rings. The molecule has 0 aliphatic carbocycles. The molecule has 3 aromatic carbocycles. The zero-order valence-electron chi connectivity index (χ0n) is 23.4. The summed E-state index contributed by atoms with van der Waals surface area (Å²) >= 11 is 0. The van der Waals surface area contributed by atoms with Crippen molar-refractivity contribution in [3.05, 3.63) is 94.6 Å². The number of carbonyl (C=O) groups is 2. The highest BCUT2D eigenvalue weighted by atomic mass is 16.5. The van der Waals surface area contributed by atoms with Crippen LogP contribution in [0.1, 0.15) is 41.6 Å². The lowest BCUT2D eigenvalue weighted by atomic mass is 9.93. The molecule has 1 amide bonds. The Hall–Kier alpha value is -4.30. The number of aliphatic hydroxyl groups excluding tert-OH is 1. The van der Waals surface area contributed by atoms with Gasteiger partial charge in [0.15, 0.2) is 11.5 Å². The molecule has 0 aromatic heterocycles. The number of hydrogen-bond donors (Lipinski definition) is 2. The van der Waals surface area contributed by atoms with E-state index < -0.39 is 17.7 Å². The van der Waals surface area contributed by atoms with Crippen LogP contribution in [-0.4, -0.2) is 65.5 Å². The number of aryl methyl sites for hydroxylation is 1. The Kier molecular flexibility index (Phi) is 9.11. The summed E-state index contributed by atoms with van der Waals surface area (Å²) in [6.07, 6.45) is 0.638. The van der Waals surface area contributed by atoms with Crippen molar-refractivity contribution in [2.45, 2.75) is 32.9 Å². The van der Waals surface area contributed by atoms with Gasteiger partial charge in [0.1, 0.15) is 18.1 Å². The molecule has 1 fully saturated rings. The molecule has 1 heterocycles. The second kappa shape index (κ2) is 12.7. The summed E-state index contributed by atoms with van der Waals surface area (Å²) in [5.74, 6) is -0.846. The Labute approximate surface area is 235 Å². The number of likely N-dealkylation sites (tertiary alicyclic amines) is 1. The number of carbonyl (C=O) groups excluding carboxylic acids is 2. The highest BCUT2D eigenvalue weighted by Crippen LogP contribution is 2.42. The zero-order valence-corrected chi connectivity index (χ0v) is 23.4. The maximum absolute atomic E-state index is 13.4. The molecule has 1 aliphatic heterocycles. The number of aromatic hydroxyl groups is 1. The van der Waals surface area contributed by atoms with Crippen molar-refractivity contribution >= 4 is 17.4 Å². The van der Waals surface area contributed by atoms with Crippen LogP contribution in [0.3, 0.4) is 0 Å². The summed E-state index contributed by atoms with van der Waals surface area (Å²) in [6, 6.07) is 18.9. The van der Waals surface area contributed by atoms with Crippen molar-refractivity contribution in [1.82, 2.24) is 9.80 Å². The van der Waals surface area contributed by atoms with Crippen LogP contribution in [0.4, 0.5) is 0 Å². The molecule has 0 spiro atoms. The first kappa shape index (κ1) is 28.7. The van der Waals surface area contributed by atoms with Gasteiger partial charge in [0.05, 0.1) is 18.2 Å². The number of rotatable bonds is 11. The van der Waals surface area contributed by atoms with Gasteiger partial charge in [-0.05, 0) is 87.9 Å². The second-order valence-electron chi connectivity index (χ2n) is 10.1. The van der Waals surface area contributed by atoms with E-state index in [4.69, 9.17) is 9.47 Å². The van der Waals surface area contributed by atoms with Gasteiger partial charge in [-0.15, -0.1) is 0 Å². The summed E-state index contributed by atoms with van der Waals surface area (Å²) in [4.78, 5) is 30.2. The summed E-state index contributed by atoms with van der Waals surface area (Å²) in [5.41, 5.74) is 2.73. The molecule has 8 nitrogen and oxygen atoms in total. The molecule has 0 saturated carbocycles. The van der Waals surface area contributed by atoms with Gasteiger partial charge in [0.25, 0.3) is 11.7 Å². The average molecular weight is 545 g/mol. The molecule has 0 bridgehead atoms. The van der Waals surface area contributed by atoms with Crippen LogP contribution in [0.25, 0.3) is 5.76 Å². The molecule has 40 heavy (non-hydrogen) atoms. The molecule has 0 radical (unpaired) electrons. The maximum Gasteiger partial charge on any atom is 0.295 e. The number of phenols is 1. The molecule has 0 unspecified atom stereocenters. The fourth-order valence-electron chi connectivity index (χ4n) is 4.86. The molecule has 2 N–H and O–H groups in total. The number of nitrogens with zero attached hydrogens (tertiary/aromatic N) is 2. The number of ketones is 1. The lowest BCUT2D eigenvalue weighted by Crippen LogP contribution is -2.32. The number of Topliss-reactive ketones (excluding diaryl/α,β-unsaturated/α-hetero) is 1. The normalized spacial score (nSPS) is 16.5. The van der Waals surface area contributed by atoms with E-state index in [0.29, 0.717) is 48.6 Å². The van der Waals surface area contributed by atoms with E-state index in [-0.39, 0.29) is 22.8 Å². The van der Waals surface area contributed by atoms with Gasteiger partial charge in [-0.25, -0.2) is 0 Å². The van der Waals surface area contributed by atoms with Crippen molar-refractivity contribution in [3.8, 4) is 17.2 Å². The molecular weight excluding hydrogens is 508 g/mol. The van der Waals surface area contributed by atoms with Crippen LogP contribution in [0.2, 0.25) is 0 Å². The average Bonchev–Trinajstić information content (AvgIpc) is 3.18. The van der Waals surface area contributed by atoms with Gasteiger partial charge in [-0.2, -0.15) is 0 Å². The first-order valence-corrected chi connectivity index (χ1v) is 13.4. The van der Waals surface area contributed by atoms with E-state index >= 15 is 0 Å². The van der Waals surface area contributed by atoms with Gasteiger partial charge in [-0.3, -0.25) is 9.59 Å². The third kappa shape index (κ3) is 6.29. The van der Waals surface area contributed by atoms with Gasteiger partial charge in [-0.1, -0.05) is 36.4 Å². The minimum atomic E-state index is -0.838. The number of benzene rings is 3. The van der Waals surface area contributed by atoms with Crippen LogP contribution in [0, 0.1) is 6.92 Å². The lowest BCUT2D eigenvalue weighted by molar-refractivity contribution is -0.139. The summed E-state index contributed by atoms with van der Waals surface area (Å²) in [6.45, 7) is 5.39. The number of hydrogen-bond acceptors (Lipinski definition) is 7. The second-order valence-corrected chi connectivity index (χ2v) is 10.1. The molecular formula is C32H36N2O6. The first-order valence-electron chi connectivity index (χ1n) is 13.4. The topological polar surface area (TPSA) is 99.5 Å². The molecule has 4 rings (SSSR count). The third-order valence-corrected chi connectivity index (χ3v) is 6.85. The monoisotopic (exact) mass is 544 g/mol. The highest BCUT2D eigenvalue weighted by molar-refractivity contribution is 6.46. The lowest BCUT2D eigenvalue weighted by Gasteiger charge is -2.26. The Morgan fingerprint density at radius 3 is 2.42 bits per heavy atom. The molecule has 1 atom stereocenters. The van der Waals surface area contributed by atoms with E-state index in [1.165, 1.54) is 11.0 Å². The van der Waals surface area contributed by atoms with E-state index in [0.717, 1.165) is 12.1 Å². The number of aliphatic hydroxyl groups is 1. The van der Waals surface area contributed by atoms with Crippen molar-refractivity contribution < 1.29 is 29.3 Å².